The average molecular weight is 421 g/mol. The van der Waals surface area contributed by atoms with Crippen LogP contribution >= 0.6 is 0 Å². The summed E-state index contributed by atoms with van der Waals surface area (Å²) in [6.45, 7) is 0.170. The number of rotatable bonds is 8. The number of amides is 1. The van der Waals surface area contributed by atoms with Gasteiger partial charge in [-0.05, 0) is 42.5 Å². The first-order valence-corrected chi connectivity index (χ1v) is 9.48. The summed E-state index contributed by atoms with van der Waals surface area (Å²) < 4.78 is 21.4. The van der Waals surface area contributed by atoms with E-state index in [1.54, 1.807) is 68.8 Å². The topological polar surface area (TPSA) is 83.1 Å². The summed E-state index contributed by atoms with van der Waals surface area (Å²) >= 11 is 0. The Bertz CT molecular complexity index is 1080. The van der Waals surface area contributed by atoms with Crippen molar-refractivity contribution in [3.8, 4) is 17.2 Å². The van der Waals surface area contributed by atoms with Crippen molar-refractivity contribution in [1.29, 1.82) is 0 Å². The van der Waals surface area contributed by atoms with Crippen LogP contribution in [0.15, 0.2) is 66.7 Å². The van der Waals surface area contributed by atoms with E-state index < -0.39 is 5.97 Å². The number of para-hydroxylation sites is 3. The van der Waals surface area contributed by atoms with Crippen LogP contribution in [0.5, 0.6) is 17.2 Å². The van der Waals surface area contributed by atoms with E-state index >= 15 is 0 Å². The molecule has 0 unspecified atom stereocenters. The third-order valence-corrected chi connectivity index (χ3v) is 4.58. The van der Waals surface area contributed by atoms with Crippen LogP contribution in [0.25, 0.3) is 0 Å². The lowest BCUT2D eigenvalue weighted by Crippen LogP contribution is -2.16. The van der Waals surface area contributed by atoms with Gasteiger partial charge in [-0.1, -0.05) is 24.3 Å². The number of carbonyl (C=O) groups is 2. The van der Waals surface area contributed by atoms with Crippen molar-refractivity contribution in [3.05, 3.63) is 83.4 Å². The molecule has 0 radical (unpaired) electrons. The van der Waals surface area contributed by atoms with E-state index in [1.165, 1.54) is 7.11 Å². The van der Waals surface area contributed by atoms with Gasteiger partial charge in [0.25, 0.3) is 5.91 Å². The van der Waals surface area contributed by atoms with E-state index in [9.17, 15) is 9.59 Å². The van der Waals surface area contributed by atoms with Crippen LogP contribution in [0.1, 0.15) is 26.3 Å². The van der Waals surface area contributed by atoms with Gasteiger partial charge in [0, 0.05) is 11.1 Å². The smallest absolute Gasteiger partial charge is 0.339 e. The molecular formula is C24H23NO6. The van der Waals surface area contributed by atoms with Gasteiger partial charge in [-0.2, -0.15) is 0 Å². The Morgan fingerprint density at radius 3 is 2.19 bits per heavy atom. The molecule has 0 bridgehead atoms. The largest absolute Gasteiger partial charge is 0.496 e. The van der Waals surface area contributed by atoms with Gasteiger partial charge in [-0.15, -0.1) is 0 Å². The Kier molecular flexibility index (Phi) is 7.11. The van der Waals surface area contributed by atoms with E-state index in [2.05, 4.69) is 5.32 Å². The minimum atomic E-state index is -0.531. The quantitative estimate of drug-likeness (QED) is 0.546. The molecule has 31 heavy (non-hydrogen) atoms. The molecule has 0 atom stereocenters. The van der Waals surface area contributed by atoms with Gasteiger partial charge in [0.15, 0.2) is 11.5 Å². The standard InChI is InChI=1S/C24H23NO6/c1-28-20-13-12-16(14-17(20)15-31-22-11-7-6-10-21(22)29-2)23(26)25-19-9-5-4-8-18(19)24(27)30-3/h4-14H,15H2,1-3H3,(H,25,26). The molecule has 0 spiro atoms. The van der Waals surface area contributed by atoms with E-state index in [0.717, 1.165) is 0 Å². The fourth-order valence-corrected chi connectivity index (χ4v) is 3.00. The number of esters is 1. The number of hydrogen-bond acceptors (Lipinski definition) is 6. The summed E-state index contributed by atoms with van der Waals surface area (Å²) in [5.74, 6) is 0.860. The third-order valence-electron chi connectivity index (χ3n) is 4.58. The van der Waals surface area contributed by atoms with Crippen LogP contribution in [0.2, 0.25) is 0 Å². The van der Waals surface area contributed by atoms with Crippen molar-refractivity contribution in [2.45, 2.75) is 6.61 Å². The molecule has 3 rings (SSSR count). The average Bonchev–Trinajstić information content (AvgIpc) is 2.82. The molecule has 1 N–H and O–H groups in total. The molecule has 0 aromatic heterocycles. The summed E-state index contributed by atoms with van der Waals surface area (Å²) in [5, 5.41) is 2.76. The van der Waals surface area contributed by atoms with Gasteiger partial charge in [0.2, 0.25) is 0 Å². The van der Waals surface area contributed by atoms with Crippen molar-refractivity contribution in [2.24, 2.45) is 0 Å². The minimum Gasteiger partial charge on any atom is -0.496 e. The predicted molar refractivity (Wildman–Crippen MR) is 116 cm³/mol. The SMILES string of the molecule is COC(=O)c1ccccc1NC(=O)c1ccc(OC)c(COc2ccccc2OC)c1. The molecule has 0 saturated heterocycles. The van der Waals surface area contributed by atoms with Crippen LogP contribution in [-0.2, 0) is 11.3 Å². The molecule has 3 aromatic carbocycles. The van der Waals surface area contributed by atoms with Gasteiger partial charge in [0.05, 0.1) is 32.6 Å². The number of ether oxygens (including phenoxy) is 4. The van der Waals surface area contributed by atoms with Crippen LogP contribution in [0.3, 0.4) is 0 Å². The second-order valence-electron chi connectivity index (χ2n) is 6.46. The molecule has 0 aliphatic heterocycles. The first-order chi connectivity index (χ1) is 15.1. The molecule has 0 aliphatic carbocycles. The number of carbonyl (C=O) groups excluding carboxylic acids is 2. The van der Waals surface area contributed by atoms with Gasteiger partial charge in [-0.25, -0.2) is 4.79 Å². The van der Waals surface area contributed by atoms with Crippen LogP contribution in [0, 0.1) is 0 Å². The highest BCUT2D eigenvalue weighted by Gasteiger charge is 2.16. The number of benzene rings is 3. The fourth-order valence-electron chi connectivity index (χ4n) is 3.00. The first-order valence-electron chi connectivity index (χ1n) is 9.48. The normalized spacial score (nSPS) is 10.2. The van der Waals surface area contributed by atoms with Crippen molar-refractivity contribution in [2.75, 3.05) is 26.6 Å². The monoisotopic (exact) mass is 421 g/mol. The fraction of sp³-hybridized carbons (Fsp3) is 0.167. The van der Waals surface area contributed by atoms with Gasteiger partial charge >= 0.3 is 5.97 Å². The van der Waals surface area contributed by atoms with Crippen molar-refractivity contribution in [3.63, 3.8) is 0 Å². The summed E-state index contributed by atoms with van der Waals surface area (Å²) in [5.41, 5.74) is 1.70. The summed E-state index contributed by atoms with van der Waals surface area (Å²) in [6.07, 6.45) is 0. The van der Waals surface area contributed by atoms with Crippen molar-refractivity contribution >= 4 is 17.6 Å². The Morgan fingerprint density at radius 1 is 0.806 bits per heavy atom. The first kappa shape index (κ1) is 21.7. The summed E-state index contributed by atoms with van der Waals surface area (Å²) in [4.78, 5) is 24.8. The molecule has 7 heteroatoms. The van der Waals surface area contributed by atoms with Gasteiger partial charge in [-0.3, -0.25) is 4.79 Å². The Balaban J connectivity index is 1.82. The second-order valence-corrected chi connectivity index (χ2v) is 6.46. The molecule has 1 amide bonds. The molecule has 0 heterocycles. The Hall–Kier alpha value is -4.00. The lowest BCUT2D eigenvalue weighted by molar-refractivity contribution is 0.0602. The highest BCUT2D eigenvalue weighted by molar-refractivity contribution is 6.08. The number of anilines is 1. The molecule has 0 aliphatic rings. The van der Waals surface area contributed by atoms with E-state index in [0.29, 0.717) is 34.1 Å². The van der Waals surface area contributed by atoms with E-state index in [1.807, 2.05) is 12.1 Å². The van der Waals surface area contributed by atoms with Gasteiger partial charge in [0.1, 0.15) is 12.4 Å². The van der Waals surface area contributed by atoms with Crippen molar-refractivity contribution in [1.82, 2.24) is 0 Å². The Morgan fingerprint density at radius 2 is 1.48 bits per heavy atom. The maximum absolute atomic E-state index is 12.8. The molecular weight excluding hydrogens is 398 g/mol. The van der Waals surface area contributed by atoms with Gasteiger partial charge < -0.3 is 24.3 Å². The van der Waals surface area contributed by atoms with Crippen molar-refractivity contribution < 1.29 is 28.5 Å². The molecule has 3 aromatic rings. The minimum absolute atomic E-state index is 0.170. The zero-order valence-corrected chi connectivity index (χ0v) is 17.5. The van der Waals surface area contributed by atoms with Crippen LogP contribution < -0.4 is 19.5 Å². The van der Waals surface area contributed by atoms with Crippen LogP contribution in [-0.4, -0.2) is 33.2 Å². The lowest BCUT2D eigenvalue weighted by Gasteiger charge is -2.14. The summed E-state index contributed by atoms with van der Waals surface area (Å²) in [7, 11) is 4.41. The zero-order chi connectivity index (χ0) is 22.2. The molecule has 0 saturated carbocycles. The number of methoxy groups -OCH3 is 3. The highest BCUT2D eigenvalue weighted by atomic mass is 16.5. The lowest BCUT2D eigenvalue weighted by atomic mass is 10.1. The van der Waals surface area contributed by atoms with E-state index in [4.69, 9.17) is 18.9 Å². The molecule has 7 nitrogen and oxygen atoms in total. The van der Waals surface area contributed by atoms with E-state index in [-0.39, 0.29) is 18.1 Å². The molecule has 0 fully saturated rings. The highest BCUT2D eigenvalue weighted by Crippen LogP contribution is 2.29. The Labute approximate surface area is 180 Å². The maximum Gasteiger partial charge on any atom is 0.339 e. The number of hydrogen-bond donors (Lipinski definition) is 1. The molecule has 160 valence electrons. The number of nitrogens with one attached hydrogen (secondary N) is 1. The third kappa shape index (κ3) is 5.14. The maximum atomic E-state index is 12.8. The predicted octanol–water partition coefficient (Wildman–Crippen LogP) is 4.32. The zero-order valence-electron chi connectivity index (χ0n) is 17.5. The van der Waals surface area contributed by atoms with Crippen LogP contribution in [0.4, 0.5) is 5.69 Å². The summed E-state index contributed by atoms with van der Waals surface area (Å²) in [6, 6.07) is 19.0. The second kappa shape index (κ2) is 10.2.